The molecule has 2 N–H and O–H groups in total. The Balaban J connectivity index is 2.01. The molecule has 1 aromatic heterocycles. The van der Waals surface area contributed by atoms with E-state index in [0.29, 0.717) is 18.1 Å². The van der Waals surface area contributed by atoms with Crippen molar-refractivity contribution in [2.24, 2.45) is 0 Å². The fourth-order valence-electron chi connectivity index (χ4n) is 2.53. The number of nitrogens with one attached hydrogen (secondary N) is 1. The second-order valence-corrected chi connectivity index (χ2v) is 6.67. The number of carboxylic acid groups (broad SMARTS) is 1. The molecule has 2 rings (SSSR count). The lowest BCUT2D eigenvalue weighted by Crippen LogP contribution is -2.50. The Labute approximate surface area is 123 Å². The van der Waals surface area contributed by atoms with Crippen LogP contribution in [0.2, 0.25) is 0 Å². The SMILES string of the molecule is CCCNC1(C(=O)O)CCC(Sc2nc(C)c(C)o2)C1. The lowest BCUT2D eigenvalue weighted by molar-refractivity contribution is -0.144. The van der Waals surface area contributed by atoms with Crippen LogP contribution in [0.25, 0.3) is 0 Å². The number of carboxylic acids is 1. The normalized spacial score (nSPS) is 26.1. The maximum Gasteiger partial charge on any atom is 0.323 e. The minimum Gasteiger partial charge on any atom is -0.480 e. The number of nitrogens with zero attached hydrogens (tertiary/aromatic N) is 1. The van der Waals surface area contributed by atoms with Gasteiger partial charge in [0.05, 0.1) is 5.69 Å². The van der Waals surface area contributed by atoms with Gasteiger partial charge in [0, 0.05) is 5.25 Å². The number of hydrogen-bond donors (Lipinski definition) is 2. The predicted octanol–water partition coefficient (Wildman–Crippen LogP) is 2.76. The highest BCUT2D eigenvalue weighted by molar-refractivity contribution is 7.99. The number of aliphatic carboxylic acids is 1. The highest BCUT2D eigenvalue weighted by Crippen LogP contribution is 2.40. The minimum absolute atomic E-state index is 0.243. The summed E-state index contributed by atoms with van der Waals surface area (Å²) in [6, 6.07) is 0. The van der Waals surface area contributed by atoms with Crippen LogP contribution in [0.3, 0.4) is 0 Å². The highest BCUT2D eigenvalue weighted by atomic mass is 32.2. The first-order valence-electron chi connectivity index (χ1n) is 7.06. The summed E-state index contributed by atoms with van der Waals surface area (Å²) >= 11 is 1.56. The zero-order valence-corrected chi connectivity index (χ0v) is 13.0. The number of aromatic nitrogens is 1. The Morgan fingerprint density at radius 2 is 2.35 bits per heavy atom. The summed E-state index contributed by atoms with van der Waals surface area (Å²) in [5.41, 5.74) is 0.128. The van der Waals surface area contributed by atoms with Crippen LogP contribution < -0.4 is 5.32 Å². The van der Waals surface area contributed by atoms with Crippen molar-refractivity contribution in [2.45, 2.75) is 62.5 Å². The lowest BCUT2D eigenvalue weighted by atomic mass is 9.98. The molecule has 0 aromatic carbocycles. The molecule has 2 unspecified atom stereocenters. The summed E-state index contributed by atoms with van der Waals surface area (Å²) in [6.07, 6.45) is 3.09. The molecule has 112 valence electrons. The van der Waals surface area contributed by atoms with Crippen molar-refractivity contribution in [2.75, 3.05) is 6.54 Å². The van der Waals surface area contributed by atoms with Crippen molar-refractivity contribution < 1.29 is 14.3 Å². The number of thioether (sulfide) groups is 1. The van der Waals surface area contributed by atoms with E-state index in [1.165, 1.54) is 0 Å². The largest absolute Gasteiger partial charge is 0.480 e. The third-order valence-electron chi connectivity index (χ3n) is 3.87. The van der Waals surface area contributed by atoms with Gasteiger partial charge in [-0.1, -0.05) is 18.7 Å². The first-order chi connectivity index (χ1) is 9.47. The van der Waals surface area contributed by atoms with Crippen LogP contribution in [0, 0.1) is 13.8 Å². The van der Waals surface area contributed by atoms with E-state index in [1.54, 1.807) is 11.8 Å². The fourth-order valence-corrected chi connectivity index (χ4v) is 3.78. The van der Waals surface area contributed by atoms with Gasteiger partial charge in [0.25, 0.3) is 5.22 Å². The Morgan fingerprint density at radius 3 is 2.90 bits per heavy atom. The topological polar surface area (TPSA) is 75.4 Å². The molecular formula is C14H22N2O3S. The molecule has 1 saturated carbocycles. The lowest BCUT2D eigenvalue weighted by Gasteiger charge is -2.25. The highest BCUT2D eigenvalue weighted by Gasteiger charge is 2.45. The molecule has 1 heterocycles. The summed E-state index contributed by atoms with van der Waals surface area (Å²) in [5.74, 6) is 0.0907. The first kappa shape index (κ1) is 15.4. The van der Waals surface area contributed by atoms with Gasteiger partial charge in [0.1, 0.15) is 11.3 Å². The summed E-state index contributed by atoms with van der Waals surface area (Å²) in [6.45, 7) is 6.59. The predicted molar refractivity (Wildman–Crippen MR) is 78.1 cm³/mol. The maximum absolute atomic E-state index is 11.6. The van der Waals surface area contributed by atoms with Gasteiger partial charge in [-0.3, -0.25) is 4.79 Å². The van der Waals surface area contributed by atoms with Gasteiger partial charge in [0.2, 0.25) is 0 Å². The monoisotopic (exact) mass is 298 g/mol. The van der Waals surface area contributed by atoms with Gasteiger partial charge in [-0.05, 0) is 46.1 Å². The van der Waals surface area contributed by atoms with Crippen molar-refractivity contribution in [3.05, 3.63) is 11.5 Å². The molecule has 5 nitrogen and oxygen atoms in total. The van der Waals surface area contributed by atoms with Gasteiger partial charge in [0.15, 0.2) is 0 Å². The number of oxazole rings is 1. The molecule has 0 saturated heterocycles. The van der Waals surface area contributed by atoms with E-state index < -0.39 is 11.5 Å². The average Bonchev–Trinajstić information content (AvgIpc) is 2.93. The number of hydrogen-bond acceptors (Lipinski definition) is 5. The zero-order valence-electron chi connectivity index (χ0n) is 12.2. The third-order valence-corrected chi connectivity index (χ3v) is 4.98. The molecule has 1 aliphatic carbocycles. The van der Waals surface area contributed by atoms with E-state index in [4.69, 9.17) is 4.42 Å². The molecule has 1 aliphatic rings. The van der Waals surface area contributed by atoms with Gasteiger partial charge in [-0.25, -0.2) is 4.98 Å². The van der Waals surface area contributed by atoms with Gasteiger partial charge in [-0.2, -0.15) is 0 Å². The first-order valence-corrected chi connectivity index (χ1v) is 7.94. The molecule has 0 radical (unpaired) electrons. The molecule has 2 atom stereocenters. The minimum atomic E-state index is -0.773. The van der Waals surface area contributed by atoms with E-state index in [1.807, 2.05) is 20.8 Å². The average molecular weight is 298 g/mol. The van der Waals surface area contributed by atoms with E-state index in [2.05, 4.69) is 10.3 Å². The summed E-state index contributed by atoms with van der Waals surface area (Å²) < 4.78 is 5.57. The van der Waals surface area contributed by atoms with Crippen LogP contribution in [0.4, 0.5) is 0 Å². The van der Waals surface area contributed by atoms with Gasteiger partial charge >= 0.3 is 5.97 Å². The molecule has 0 bridgehead atoms. The van der Waals surface area contributed by atoms with Crippen LogP contribution in [-0.2, 0) is 4.79 Å². The second kappa shape index (κ2) is 6.18. The Bertz CT molecular complexity index is 469. The van der Waals surface area contributed by atoms with Crippen LogP contribution >= 0.6 is 11.8 Å². The molecule has 1 aromatic rings. The molecule has 0 aliphatic heterocycles. The van der Waals surface area contributed by atoms with E-state index in [9.17, 15) is 9.90 Å². The summed E-state index contributed by atoms with van der Waals surface area (Å²) in [4.78, 5) is 15.9. The number of rotatable bonds is 6. The van der Waals surface area contributed by atoms with E-state index >= 15 is 0 Å². The fraction of sp³-hybridized carbons (Fsp3) is 0.714. The summed E-state index contributed by atoms with van der Waals surface area (Å²) in [5, 5.41) is 13.6. The molecule has 0 amide bonds. The Morgan fingerprint density at radius 1 is 1.60 bits per heavy atom. The summed E-state index contributed by atoms with van der Waals surface area (Å²) in [7, 11) is 0. The molecule has 1 fully saturated rings. The van der Waals surface area contributed by atoms with Crippen molar-refractivity contribution in [3.8, 4) is 0 Å². The molecule has 6 heteroatoms. The Kier molecular flexibility index (Phi) is 4.75. The van der Waals surface area contributed by atoms with Crippen molar-refractivity contribution >= 4 is 17.7 Å². The molecule has 20 heavy (non-hydrogen) atoms. The van der Waals surface area contributed by atoms with Gasteiger partial charge < -0.3 is 14.8 Å². The van der Waals surface area contributed by atoms with E-state index in [0.717, 1.165) is 30.8 Å². The number of aryl methyl sites for hydroxylation is 2. The third kappa shape index (κ3) is 3.17. The standard InChI is InChI=1S/C14H22N2O3S/c1-4-7-15-14(12(17)18)6-5-11(8-14)20-13-16-9(2)10(3)19-13/h11,15H,4-8H2,1-3H3,(H,17,18). The molecule has 0 spiro atoms. The van der Waals surface area contributed by atoms with Crippen LogP contribution in [0.5, 0.6) is 0 Å². The second-order valence-electron chi connectivity index (χ2n) is 5.42. The van der Waals surface area contributed by atoms with Gasteiger partial charge in [-0.15, -0.1) is 0 Å². The smallest absolute Gasteiger partial charge is 0.323 e. The van der Waals surface area contributed by atoms with Crippen LogP contribution in [-0.4, -0.2) is 33.4 Å². The molecular weight excluding hydrogens is 276 g/mol. The van der Waals surface area contributed by atoms with Crippen LogP contribution in [0.1, 0.15) is 44.1 Å². The van der Waals surface area contributed by atoms with Crippen molar-refractivity contribution in [1.29, 1.82) is 0 Å². The maximum atomic E-state index is 11.6. The number of carbonyl (C=O) groups is 1. The zero-order chi connectivity index (χ0) is 14.8. The Hall–Kier alpha value is -1.01. The van der Waals surface area contributed by atoms with Crippen molar-refractivity contribution in [1.82, 2.24) is 10.3 Å². The van der Waals surface area contributed by atoms with Crippen LogP contribution in [0.15, 0.2) is 9.64 Å². The van der Waals surface area contributed by atoms with E-state index in [-0.39, 0.29) is 5.25 Å². The van der Waals surface area contributed by atoms with Crippen molar-refractivity contribution in [3.63, 3.8) is 0 Å². The quantitative estimate of drug-likeness (QED) is 0.841.